The Bertz CT molecular complexity index is 433. The van der Waals surface area contributed by atoms with E-state index in [0.29, 0.717) is 0 Å². The van der Waals surface area contributed by atoms with E-state index in [-0.39, 0.29) is 0 Å². The van der Waals surface area contributed by atoms with Crippen LogP contribution in [0.2, 0.25) is 5.02 Å². The molecule has 1 aliphatic rings. The summed E-state index contributed by atoms with van der Waals surface area (Å²) in [6.07, 6.45) is 5.54. The van der Waals surface area contributed by atoms with Gasteiger partial charge in [0.05, 0.1) is 6.61 Å². The number of ether oxygens (including phenoxy) is 1. The van der Waals surface area contributed by atoms with Crippen LogP contribution in [0.4, 0.5) is 5.69 Å². The lowest BCUT2D eigenvalue weighted by Crippen LogP contribution is -2.26. The first-order valence-electron chi connectivity index (χ1n) is 7.90. The van der Waals surface area contributed by atoms with Gasteiger partial charge in [-0.2, -0.15) is 0 Å². The van der Waals surface area contributed by atoms with Crippen molar-refractivity contribution in [3.05, 3.63) is 28.8 Å². The fourth-order valence-electron chi connectivity index (χ4n) is 3.14. The van der Waals surface area contributed by atoms with E-state index in [0.717, 1.165) is 37.2 Å². The van der Waals surface area contributed by atoms with Crippen LogP contribution in [0.5, 0.6) is 0 Å². The van der Waals surface area contributed by atoms with Gasteiger partial charge in [0.25, 0.3) is 0 Å². The Kier molecular flexibility index (Phi) is 6.81. The molecule has 118 valence electrons. The van der Waals surface area contributed by atoms with Crippen molar-refractivity contribution in [3.8, 4) is 0 Å². The highest BCUT2D eigenvalue weighted by atomic mass is 35.5. The van der Waals surface area contributed by atoms with E-state index in [4.69, 9.17) is 16.3 Å². The minimum atomic E-state index is 0.730. The van der Waals surface area contributed by atoms with Gasteiger partial charge in [-0.05, 0) is 42.5 Å². The van der Waals surface area contributed by atoms with Gasteiger partial charge in [-0.1, -0.05) is 24.4 Å². The fourth-order valence-corrected chi connectivity index (χ4v) is 3.34. The standard InChI is InChI=1S/C17H27ClN2O/c1-20(13-14-5-3-4-6-14)17-8-7-16(18)11-15(17)12-19-9-10-21-2/h7-8,11,14,19H,3-6,9-10,12-13H2,1-2H3. The van der Waals surface area contributed by atoms with Crippen LogP contribution < -0.4 is 10.2 Å². The third-order valence-electron chi connectivity index (χ3n) is 4.26. The van der Waals surface area contributed by atoms with Gasteiger partial charge in [0, 0.05) is 44.5 Å². The molecule has 0 aromatic heterocycles. The molecule has 0 aliphatic heterocycles. The zero-order valence-corrected chi connectivity index (χ0v) is 14.0. The Morgan fingerprint density at radius 2 is 2.10 bits per heavy atom. The molecule has 0 spiro atoms. The topological polar surface area (TPSA) is 24.5 Å². The predicted molar refractivity (Wildman–Crippen MR) is 90.3 cm³/mol. The van der Waals surface area contributed by atoms with Crippen molar-refractivity contribution in [1.29, 1.82) is 0 Å². The molecule has 0 unspecified atom stereocenters. The second-order valence-electron chi connectivity index (χ2n) is 5.97. The van der Waals surface area contributed by atoms with Crippen LogP contribution in [-0.4, -0.2) is 33.9 Å². The molecule has 0 radical (unpaired) electrons. The number of nitrogens with zero attached hydrogens (tertiary/aromatic N) is 1. The van der Waals surface area contributed by atoms with E-state index in [2.05, 4.69) is 29.4 Å². The lowest BCUT2D eigenvalue weighted by molar-refractivity contribution is 0.199. The first kappa shape index (κ1) is 16.6. The maximum Gasteiger partial charge on any atom is 0.0587 e. The lowest BCUT2D eigenvalue weighted by atomic mass is 10.1. The zero-order valence-electron chi connectivity index (χ0n) is 13.2. The van der Waals surface area contributed by atoms with Crippen molar-refractivity contribution in [1.82, 2.24) is 5.32 Å². The van der Waals surface area contributed by atoms with E-state index in [1.807, 2.05) is 6.07 Å². The Morgan fingerprint density at radius 1 is 1.33 bits per heavy atom. The SMILES string of the molecule is COCCNCc1cc(Cl)ccc1N(C)CC1CCCC1. The number of halogens is 1. The number of benzene rings is 1. The number of methoxy groups -OCH3 is 1. The molecule has 0 heterocycles. The first-order valence-corrected chi connectivity index (χ1v) is 8.27. The summed E-state index contributed by atoms with van der Waals surface area (Å²) in [5.74, 6) is 0.847. The van der Waals surface area contributed by atoms with Gasteiger partial charge < -0.3 is 15.0 Å². The second-order valence-corrected chi connectivity index (χ2v) is 6.41. The average Bonchev–Trinajstić information content (AvgIpc) is 2.96. The van der Waals surface area contributed by atoms with E-state index in [1.165, 1.54) is 36.9 Å². The zero-order chi connectivity index (χ0) is 15.1. The molecule has 21 heavy (non-hydrogen) atoms. The monoisotopic (exact) mass is 310 g/mol. The van der Waals surface area contributed by atoms with Crippen molar-refractivity contribution in [2.24, 2.45) is 5.92 Å². The Labute approximate surface area is 133 Å². The molecule has 1 N–H and O–H groups in total. The number of anilines is 1. The predicted octanol–water partition coefficient (Wildman–Crippen LogP) is 3.70. The van der Waals surface area contributed by atoms with Crippen LogP contribution in [0, 0.1) is 5.92 Å². The van der Waals surface area contributed by atoms with Crippen LogP contribution in [-0.2, 0) is 11.3 Å². The van der Waals surface area contributed by atoms with Crippen molar-refractivity contribution >= 4 is 17.3 Å². The minimum absolute atomic E-state index is 0.730. The van der Waals surface area contributed by atoms with E-state index in [9.17, 15) is 0 Å². The van der Waals surface area contributed by atoms with Gasteiger partial charge in [0.1, 0.15) is 0 Å². The third-order valence-corrected chi connectivity index (χ3v) is 4.49. The molecule has 1 aromatic rings. The highest BCUT2D eigenvalue weighted by Gasteiger charge is 2.18. The molecule has 0 bridgehead atoms. The van der Waals surface area contributed by atoms with Crippen molar-refractivity contribution in [3.63, 3.8) is 0 Å². The van der Waals surface area contributed by atoms with Gasteiger partial charge in [-0.25, -0.2) is 0 Å². The molecule has 1 aliphatic carbocycles. The minimum Gasteiger partial charge on any atom is -0.383 e. The van der Waals surface area contributed by atoms with Crippen molar-refractivity contribution in [2.45, 2.75) is 32.2 Å². The molecular formula is C17H27ClN2O. The summed E-state index contributed by atoms with van der Waals surface area (Å²) in [7, 11) is 3.92. The van der Waals surface area contributed by atoms with Gasteiger partial charge in [0.15, 0.2) is 0 Å². The molecule has 0 atom stereocenters. The van der Waals surface area contributed by atoms with Crippen LogP contribution in [0.25, 0.3) is 0 Å². The molecule has 1 aromatic carbocycles. The lowest BCUT2D eigenvalue weighted by Gasteiger charge is -2.26. The average molecular weight is 311 g/mol. The highest BCUT2D eigenvalue weighted by molar-refractivity contribution is 6.30. The molecule has 0 saturated heterocycles. The maximum atomic E-state index is 6.16. The third kappa shape index (κ3) is 5.17. The van der Waals surface area contributed by atoms with Gasteiger partial charge >= 0.3 is 0 Å². The molecule has 2 rings (SSSR count). The normalized spacial score (nSPS) is 15.6. The number of nitrogens with one attached hydrogen (secondary N) is 1. The fraction of sp³-hybridized carbons (Fsp3) is 0.647. The molecule has 1 fully saturated rings. The largest absolute Gasteiger partial charge is 0.383 e. The van der Waals surface area contributed by atoms with E-state index in [1.54, 1.807) is 7.11 Å². The van der Waals surface area contributed by atoms with Gasteiger partial charge in [-0.3, -0.25) is 0 Å². The molecule has 3 nitrogen and oxygen atoms in total. The maximum absolute atomic E-state index is 6.16. The summed E-state index contributed by atoms with van der Waals surface area (Å²) in [5.41, 5.74) is 2.55. The van der Waals surface area contributed by atoms with Crippen molar-refractivity contribution < 1.29 is 4.74 Å². The van der Waals surface area contributed by atoms with Gasteiger partial charge in [0.2, 0.25) is 0 Å². The molecule has 1 saturated carbocycles. The second kappa shape index (κ2) is 8.62. The smallest absolute Gasteiger partial charge is 0.0587 e. The summed E-state index contributed by atoms with van der Waals surface area (Å²) in [5, 5.41) is 4.21. The number of rotatable bonds is 8. The van der Waals surface area contributed by atoms with Crippen LogP contribution >= 0.6 is 11.6 Å². The summed E-state index contributed by atoms with van der Waals surface area (Å²) < 4.78 is 5.07. The van der Waals surface area contributed by atoms with Crippen molar-refractivity contribution in [2.75, 3.05) is 38.8 Å². The summed E-state index contributed by atoms with van der Waals surface area (Å²) in [6, 6.07) is 6.20. The highest BCUT2D eigenvalue weighted by Crippen LogP contribution is 2.29. The van der Waals surface area contributed by atoms with E-state index < -0.39 is 0 Å². The Balaban J connectivity index is 1.98. The number of hydrogen-bond acceptors (Lipinski definition) is 3. The summed E-state index contributed by atoms with van der Waals surface area (Å²) >= 11 is 6.16. The van der Waals surface area contributed by atoms with E-state index >= 15 is 0 Å². The van der Waals surface area contributed by atoms with Gasteiger partial charge in [-0.15, -0.1) is 0 Å². The summed E-state index contributed by atoms with van der Waals surface area (Å²) in [4.78, 5) is 2.39. The molecular weight excluding hydrogens is 284 g/mol. The van der Waals surface area contributed by atoms with Crippen LogP contribution in [0.1, 0.15) is 31.2 Å². The quantitative estimate of drug-likeness (QED) is 0.741. The number of hydrogen-bond donors (Lipinski definition) is 1. The Morgan fingerprint density at radius 3 is 2.81 bits per heavy atom. The summed E-state index contributed by atoms with van der Waals surface area (Å²) in [6.45, 7) is 3.56. The first-order chi connectivity index (χ1) is 10.2. The molecule has 0 amide bonds. The van der Waals surface area contributed by atoms with Crippen LogP contribution in [0.3, 0.4) is 0 Å². The van der Waals surface area contributed by atoms with Crippen LogP contribution in [0.15, 0.2) is 18.2 Å². The molecule has 4 heteroatoms. The Hall–Kier alpha value is -0.770.